The summed E-state index contributed by atoms with van der Waals surface area (Å²) in [5.74, 6) is 1.49. The van der Waals surface area contributed by atoms with Crippen LogP contribution in [-0.2, 0) is 0 Å². The van der Waals surface area contributed by atoms with Gasteiger partial charge in [0, 0.05) is 26.2 Å². The van der Waals surface area contributed by atoms with Crippen molar-refractivity contribution in [1.82, 2.24) is 9.97 Å². The van der Waals surface area contributed by atoms with Crippen LogP contribution in [0, 0.1) is 0 Å². The molecule has 20 heavy (non-hydrogen) atoms. The minimum absolute atomic E-state index is 0.253. The first-order valence-corrected chi connectivity index (χ1v) is 6.54. The van der Waals surface area contributed by atoms with Crippen molar-refractivity contribution in [1.29, 1.82) is 0 Å². The van der Waals surface area contributed by atoms with Gasteiger partial charge in [-0.05, 0) is 25.0 Å². The maximum atomic E-state index is 12.3. The van der Waals surface area contributed by atoms with Crippen molar-refractivity contribution >= 4 is 17.4 Å². The zero-order valence-electron chi connectivity index (χ0n) is 11.5. The number of nitrogens with one attached hydrogen (secondary N) is 1. The molecule has 1 N–H and O–H groups in total. The van der Waals surface area contributed by atoms with Crippen LogP contribution >= 0.6 is 0 Å². The second-order valence-electron chi connectivity index (χ2n) is 5.06. The Morgan fingerprint density at radius 3 is 2.90 bits per heavy atom. The fraction of sp³-hybridized carbons (Fsp3) is 0.357. The van der Waals surface area contributed by atoms with E-state index >= 15 is 0 Å². The van der Waals surface area contributed by atoms with Gasteiger partial charge < -0.3 is 14.6 Å². The van der Waals surface area contributed by atoms with Gasteiger partial charge in [0.15, 0.2) is 17.9 Å². The van der Waals surface area contributed by atoms with Crippen molar-refractivity contribution < 1.29 is 9.21 Å². The molecule has 1 saturated carbocycles. The van der Waals surface area contributed by atoms with Gasteiger partial charge in [-0.25, -0.2) is 9.97 Å². The van der Waals surface area contributed by atoms with E-state index < -0.39 is 0 Å². The number of pyridine rings is 1. The summed E-state index contributed by atoms with van der Waals surface area (Å²) in [7, 11) is 3.76. The van der Waals surface area contributed by atoms with E-state index in [2.05, 4.69) is 15.3 Å². The highest BCUT2D eigenvalue weighted by Gasteiger charge is 2.32. The molecule has 3 rings (SSSR count). The largest absolute Gasteiger partial charge is 0.447 e. The molecule has 2 heterocycles. The summed E-state index contributed by atoms with van der Waals surface area (Å²) in [5, 5.41) is 2.85. The van der Waals surface area contributed by atoms with Crippen LogP contribution in [0.25, 0.3) is 0 Å². The third kappa shape index (κ3) is 2.36. The number of oxazole rings is 1. The van der Waals surface area contributed by atoms with Gasteiger partial charge in [-0.15, -0.1) is 0 Å². The second kappa shape index (κ2) is 4.96. The zero-order valence-corrected chi connectivity index (χ0v) is 11.5. The van der Waals surface area contributed by atoms with Crippen LogP contribution in [0.5, 0.6) is 0 Å². The van der Waals surface area contributed by atoms with Crippen LogP contribution < -0.4 is 10.2 Å². The van der Waals surface area contributed by atoms with E-state index in [9.17, 15) is 4.79 Å². The molecule has 1 amide bonds. The molecule has 6 nitrogen and oxygen atoms in total. The Morgan fingerprint density at radius 1 is 1.40 bits per heavy atom. The highest BCUT2D eigenvalue weighted by molar-refractivity contribution is 6.05. The fourth-order valence-corrected chi connectivity index (χ4v) is 2.09. The maximum Gasteiger partial charge on any atom is 0.278 e. The zero-order chi connectivity index (χ0) is 14.1. The van der Waals surface area contributed by atoms with Crippen molar-refractivity contribution in [2.24, 2.45) is 0 Å². The minimum atomic E-state index is -0.253. The molecule has 6 heteroatoms. The van der Waals surface area contributed by atoms with Crippen LogP contribution in [0.3, 0.4) is 0 Å². The van der Waals surface area contributed by atoms with E-state index in [4.69, 9.17) is 4.42 Å². The standard InChI is InChI=1S/C14H16N4O2/c1-18(2)13-10(4-3-7-15-13)17-14(19)11-12(9-5-6-9)20-8-16-11/h3-4,7-9H,5-6H2,1-2H3,(H,17,19). The van der Waals surface area contributed by atoms with Crippen LogP contribution in [-0.4, -0.2) is 30.0 Å². The normalized spacial score (nSPS) is 14.1. The molecule has 0 bridgehead atoms. The lowest BCUT2D eigenvalue weighted by Crippen LogP contribution is -2.18. The minimum Gasteiger partial charge on any atom is -0.447 e. The number of aromatic nitrogens is 2. The lowest BCUT2D eigenvalue weighted by molar-refractivity contribution is 0.102. The summed E-state index contributed by atoms with van der Waals surface area (Å²) in [6.07, 6.45) is 5.14. The number of hydrogen-bond acceptors (Lipinski definition) is 5. The molecule has 1 aliphatic carbocycles. The molecule has 0 atom stereocenters. The average Bonchev–Trinajstić information content (AvgIpc) is 3.16. The molecule has 0 saturated heterocycles. The molecule has 0 aromatic carbocycles. The van der Waals surface area contributed by atoms with Crippen LogP contribution in [0.2, 0.25) is 0 Å². The molecule has 0 unspecified atom stereocenters. The molecule has 0 spiro atoms. The van der Waals surface area contributed by atoms with E-state index in [-0.39, 0.29) is 5.91 Å². The summed E-state index contributed by atoms with van der Waals surface area (Å²) >= 11 is 0. The van der Waals surface area contributed by atoms with Gasteiger partial charge in [-0.2, -0.15) is 0 Å². The predicted octanol–water partition coefficient (Wildman–Crippen LogP) is 2.27. The first-order chi connectivity index (χ1) is 9.66. The van der Waals surface area contributed by atoms with E-state index in [1.54, 1.807) is 12.3 Å². The Labute approximate surface area is 116 Å². The number of rotatable bonds is 4. The third-order valence-corrected chi connectivity index (χ3v) is 3.22. The SMILES string of the molecule is CN(C)c1ncccc1NC(=O)c1ncoc1C1CC1. The number of anilines is 2. The average molecular weight is 272 g/mol. The van der Waals surface area contributed by atoms with E-state index in [0.717, 1.165) is 12.8 Å². The van der Waals surface area contributed by atoms with E-state index in [0.29, 0.717) is 28.9 Å². The topological polar surface area (TPSA) is 71.3 Å². The lowest BCUT2D eigenvalue weighted by atomic mass is 10.2. The smallest absolute Gasteiger partial charge is 0.278 e. The number of hydrogen-bond donors (Lipinski definition) is 1. The van der Waals surface area contributed by atoms with Crippen molar-refractivity contribution in [3.05, 3.63) is 36.2 Å². The van der Waals surface area contributed by atoms with Gasteiger partial charge in [0.05, 0.1) is 5.69 Å². The summed E-state index contributed by atoms with van der Waals surface area (Å²) in [5.41, 5.74) is 1.04. The molecule has 2 aromatic rings. The van der Waals surface area contributed by atoms with Gasteiger partial charge >= 0.3 is 0 Å². The summed E-state index contributed by atoms with van der Waals surface area (Å²) in [6, 6.07) is 3.60. The first kappa shape index (κ1) is 12.7. The van der Waals surface area contributed by atoms with Crippen LogP contribution in [0.1, 0.15) is 35.0 Å². The highest BCUT2D eigenvalue weighted by atomic mass is 16.3. The third-order valence-electron chi connectivity index (χ3n) is 3.22. The number of carbonyl (C=O) groups excluding carboxylic acids is 1. The van der Waals surface area contributed by atoms with Crippen LogP contribution in [0.4, 0.5) is 11.5 Å². The summed E-state index contributed by atoms with van der Waals surface area (Å²) in [4.78, 5) is 22.5. The Hall–Kier alpha value is -2.37. The van der Waals surface area contributed by atoms with Gasteiger partial charge in [-0.1, -0.05) is 0 Å². The Kier molecular flexibility index (Phi) is 3.14. The Balaban J connectivity index is 1.84. The van der Waals surface area contributed by atoms with Gasteiger partial charge in [0.2, 0.25) is 0 Å². The summed E-state index contributed by atoms with van der Waals surface area (Å²) < 4.78 is 5.33. The molecular weight excluding hydrogens is 256 g/mol. The Bertz CT molecular complexity index is 632. The molecule has 1 fully saturated rings. The molecule has 0 radical (unpaired) electrons. The molecule has 104 valence electrons. The van der Waals surface area contributed by atoms with Crippen molar-refractivity contribution in [2.75, 3.05) is 24.3 Å². The summed E-state index contributed by atoms with van der Waals surface area (Å²) in [6.45, 7) is 0. The van der Waals surface area contributed by atoms with E-state index in [1.165, 1.54) is 6.39 Å². The maximum absolute atomic E-state index is 12.3. The second-order valence-corrected chi connectivity index (χ2v) is 5.06. The molecule has 1 aliphatic rings. The van der Waals surface area contributed by atoms with Crippen molar-refractivity contribution in [2.45, 2.75) is 18.8 Å². The monoisotopic (exact) mass is 272 g/mol. The van der Waals surface area contributed by atoms with Crippen molar-refractivity contribution in [3.8, 4) is 0 Å². The lowest BCUT2D eigenvalue weighted by Gasteiger charge is -2.15. The van der Waals surface area contributed by atoms with Gasteiger partial charge in [0.1, 0.15) is 5.76 Å². The van der Waals surface area contributed by atoms with E-state index in [1.807, 2.05) is 25.1 Å². The Morgan fingerprint density at radius 2 is 2.20 bits per heavy atom. The van der Waals surface area contributed by atoms with Gasteiger partial charge in [-0.3, -0.25) is 4.79 Å². The quantitative estimate of drug-likeness (QED) is 0.924. The highest BCUT2D eigenvalue weighted by Crippen LogP contribution is 2.41. The first-order valence-electron chi connectivity index (χ1n) is 6.54. The molecule has 0 aliphatic heterocycles. The fourth-order valence-electron chi connectivity index (χ4n) is 2.09. The van der Waals surface area contributed by atoms with Crippen LogP contribution in [0.15, 0.2) is 29.1 Å². The molecular formula is C14H16N4O2. The van der Waals surface area contributed by atoms with Gasteiger partial charge in [0.25, 0.3) is 5.91 Å². The number of nitrogens with zero attached hydrogens (tertiary/aromatic N) is 3. The van der Waals surface area contributed by atoms with Crippen molar-refractivity contribution in [3.63, 3.8) is 0 Å². The predicted molar refractivity (Wildman–Crippen MR) is 75.0 cm³/mol. The number of amides is 1. The molecule has 2 aromatic heterocycles. The number of carbonyl (C=O) groups is 1.